The van der Waals surface area contributed by atoms with Crippen molar-refractivity contribution in [2.75, 3.05) is 5.32 Å². The summed E-state index contributed by atoms with van der Waals surface area (Å²) in [5.41, 5.74) is 0.716. The molecule has 0 bridgehead atoms. The largest absolute Gasteiger partial charge is 0.505 e. The van der Waals surface area contributed by atoms with Crippen molar-refractivity contribution in [1.29, 1.82) is 0 Å². The van der Waals surface area contributed by atoms with Crippen molar-refractivity contribution in [1.82, 2.24) is 14.5 Å². The number of anilines is 1. The van der Waals surface area contributed by atoms with E-state index >= 15 is 0 Å². The molecule has 2 aromatic carbocycles. The van der Waals surface area contributed by atoms with Gasteiger partial charge in [0.05, 0.1) is 39.5 Å². The van der Waals surface area contributed by atoms with Gasteiger partial charge < -0.3 is 15.4 Å². The van der Waals surface area contributed by atoms with E-state index in [0.717, 1.165) is 0 Å². The molecule has 2 heterocycles. The lowest BCUT2D eigenvalue weighted by Gasteiger charge is -2.11. The van der Waals surface area contributed by atoms with Crippen LogP contribution in [0.4, 0.5) is 5.69 Å². The van der Waals surface area contributed by atoms with E-state index < -0.39 is 5.91 Å². The van der Waals surface area contributed by atoms with Crippen LogP contribution in [0.5, 0.6) is 5.75 Å². The number of amides is 1. The van der Waals surface area contributed by atoms with Crippen molar-refractivity contribution in [3.05, 3.63) is 96.9 Å². The minimum absolute atomic E-state index is 0.0718. The molecule has 3 N–H and O–H groups in total. The van der Waals surface area contributed by atoms with E-state index in [1.807, 2.05) is 0 Å². The lowest BCUT2D eigenvalue weighted by molar-refractivity contribution is 0.102. The van der Waals surface area contributed by atoms with E-state index in [2.05, 4.69) is 15.3 Å². The fraction of sp³-hybridized carbons (Fsp3) is 0.0476. The number of aromatic nitrogens is 3. The van der Waals surface area contributed by atoms with Gasteiger partial charge in [0.1, 0.15) is 0 Å². The standard InChI is InChI=1S/C21H14Cl2N4O4/c22-13-7-12(8-14(23)19(13)29)20(30)26-16-3-1-2-15-18(16)21(31)27(10-25-15)9-11-4-5-24-17(28)6-11/h1-8,10,29H,9H2,(H,24,28)(H,26,30). The maximum absolute atomic E-state index is 13.1. The Morgan fingerprint density at radius 2 is 1.87 bits per heavy atom. The highest BCUT2D eigenvalue weighted by Crippen LogP contribution is 2.33. The molecule has 8 nitrogen and oxygen atoms in total. The number of rotatable bonds is 4. The van der Waals surface area contributed by atoms with Crippen LogP contribution in [0.15, 0.2) is 64.6 Å². The predicted molar refractivity (Wildman–Crippen MR) is 118 cm³/mol. The Morgan fingerprint density at radius 1 is 1.13 bits per heavy atom. The molecule has 4 aromatic rings. The molecule has 0 unspecified atom stereocenters. The first-order valence-electron chi connectivity index (χ1n) is 8.98. The maximum Gasteiger partial charge on any atom is 0.263 e. The van der Waals surface area contributed by atoms with Crippen LogP contribution in [-0.2, 0) is 6.54 Å². The lowest BCUT2D eigenvalue weighted by atomic mass is 10.1. The molecule has 0 radical (unpaired) electrons. The number of phenolic OH excluding ortho intramolecular Hbond substituents is 1. The van der Waals surface area contributed by atoms with Gasteiger partial charge in [-0.3, -0.25) is 19.0 Å². The molecule has 0 fully saturated rings. The van der Waals surface area contributed by atoms with Crippen LogP contribution in [0.2, 0.25) is 10.0 Å². The Hall–Kier alpha value is -3.62. The van der Waals surface area contributed by atoms with E-state index in [1.54, 1.807) is 24.3 Å². The van der Waals surface area contributed by atoms with Gasteiger partial charge in [0, 0.05) is 17.8 Å². The number of pyridine rings is 1. The summed E-state index contributed by atoms with van der Waals surface area (Å²) in [5, 5.41) is 12.4. The Morgan fingerprint density at radius 3 is 2.58 bits per heavy atom. The summed E-state index contributed by atoms with van der Waals surface area (Å²) in [6.45, 7) is 0.136. The number of carbonyl (C=O) groups excluding carboxylic acids is 1. The first-order chi connectivity index (χ1) is 14.8. The van der Waals surface area contributed by atoms with Gasteiger partial charge in [0.25, 0.3) is 11.5 Å². The molecule has 0 atom stereocenters. The van der Waals surface area contributed by atoms with Crippen LogP contribution in [0.1, 0.15) is 15.9 Å². The van der Waals surface area contributed by atoms with Gasteiger partial charge in [-0.05, 0) is 35.9 Å². The highest BCUT2D eigenvalue weighted by Gasteiger charge is 2.16. The van der Waals surface area contributed by atoms with Crippen LogP contribution >= 0.6 is 23.2 Å². The zero-order chi connectivity index (χ0) is 22.1. The van der Waals surface area contributed by atoms with Gasteiger partial charge in [-0.25, -0.2) is 4.98 Å². The predicted octanol–water partition coefficient (Wildman–Crippen LogP) is 3.40. The van der Waals surface area contributed by atoms with Crippen LogP contribution in [0.3, 0.4) is 0 Å². The van der Waals surface area contributed by atoms with Crippen molar-refractivity contribution in [3.8, 4) is 5.75 Å². The van der Waals surface area contributed by atoms with E-state index in [0.29, 0.717) is 11.1 Å². The SMILES string of the molecule is O=C(Nc1cccc2ncn(Cc3cc[nH]c(=O)c3)c(=O)c12)c1cc(Cl)c(O)c(Cl)c1. The fourth-order valence-corrected chi connectivity index (χ4v) is 3.58. The molecule has 0 aliphatic carbocycles. The third kappa shape index (κ3) is 4.16. The Balaban J connectivity index is 1.74. The van der Waals surface area contributed by atoms with E-state index in [9.17, 15) is 19.5 Å². The number of aromatic amines is 1. The molecule has 0 saturated carbocycles. The molecule has 156 valence electrons. The first-order valence-corrected chi connectivity index (χ1v) is 9.74. The van der Waals surface area contributed by atoms with Gasteiger partial charge in [-0.2, -0.15) is 0 Å². The summed E-state index contributed by atoms with van der Waals surface area (Å²) < 4.78 is 1.35. The molecule has 1 amide bonds. The van der Waals surface area contributed by atoms with Gasteiger partial charge in [0.2, 0.25) is 5.56 Å². The highest BCUT2D eigenvalue weighted by molar-refractivity contribution is 6.37. The minimum Gasteiger partial charge on any atom is -0.505 e. The van der Waals surface area contributed by atoms with Gasteiger partial charge in [0.15, 0.2) is 5.75 Å². The Labute approximate surface area is 184 Å². The van der Waals surface area contributed by atoms with Gasteiger partial charge in [-0.15, -0.1) is 0 Å². The number of nitrogens with one attached hydrogen (secondary N) is 2. The van der Waals surface area contributed by atoms with Crippen molar-refractivity contribution in [2.45, 2.75) is 6.54 Å². The summed E-state index contributed by atoms with van der Waals surface area (Å²) in [5.74, 6) is -0.891. The second kappa shape index (κ2) is 8.25. The number of H-pyrrole nitrogens is 1. The zero-order valence-electron chi connectivity index (χ0n) is 15.7. The van der Waals surface area contributed by atoms with Gasteiger partial charge in [-0.1, -0.05) is 29.3 Å². The van der Waals surface area contributed by atoms with E-state index in [4.69, 9.17) is 23.2 Å². The Kier molecular flexibility index (Phi) is 5.50. The molecule has 0 saturated heterocycles. The number of phenols is 1. The quantitative estimate of drug-likeness (QED) is 0.434. The summed E-state index contributed by atoms with van der Waals surface area (Å²) in [6, 6.07) is 10.5. The van der Waals surface area contributed by atoms with Crippen molar-refractivity contribution in [3.63, 3.8) is 0 Å². The Bertz CT molecular complexity index is 1420. The monoisotopic (exact) mass is 456 g/mol. The topological polar surface area (TPSA) is 117 Å². The average molecular weight is 457 g/mol. The van der Waals surface area contributed by atoms with Crippen LogP contribution in [0, 0.1) is 0 Å². The molecule has 2 aromatic heterocycles. The molecular formula is C21H14Cl2N4O4. The van der Waals surface area contributed by atoms with Crippen molar-refractivity contribution < 1.29 is 9.90 Å². The summed E-state index contributed by atoms with van der Waals surface area (Å²) >= 11 is 11.8. The van der Waals surface area contributed by atoms with E-state index in [1.165, 1.54) is 35.3 Å². The first kappa shape index (κ1) is 20.6. The number of halogens is 2. The smallest absolute Gasteiger partial charge is 0.263 e. The number of nitrogens with zero attached hydrogens (tertiary/aromatic N) is 2. The second-order valence-electron chi connectivity index (χ2n) is 6.68. The number of aromatic hydroxyl groups is 1. The van der Waals surface area contributed by atoms with Crippen molar-refractivity contribution in [2.24, 2.45) is 0 Å². The third-order valence-electron chi connectivity index (χ3n) is 4.57. The molecule has 0 spiro atoms. The van der Waals surface area contributed by atoms with Crippen LogP contribution in [0.25, 0.3) is 10.9 Å². The molecule has 10 heteroatoms. The number of hydrogen-bond acceptors (Lipinski definition) is 5. The third-order valence-corrected chi connectivity index (χ3v) is 5.15. The highest BCUT2D eigenvalue weighted by atomic mass is 35.5. The average Bonchev–Trinajstić information content (AvgIpc) is 2.73. The fourth-order valence-electron chi connectivity index (χ4n) is 3.09. The second-order valence-corrected chi connectivity index (χ2v) is 7.50. The molecule has 4 rings (SSSR count). The van der Waals surface area contributed by atoms with Crippen LogP contribution in [-0.4, -0.2) is 25.5 Å². The minimum atomic E-state index is -0.569. The number of carbonyl (C=O) groups is 1. The number of benzene rings is 2. The van der Waals surface area contributed by atoms with Gasteiger partial charge >= 0.3 is 0 Å². The van der Waals surface area contributed by atoms with E-state index in [-0.39, 0.29) is 50.1 Å². The molecule has 31 heavy (non-hydrogen) atoms. The summed E-state index contributed by atoms with van der Waals surface area (Å²) in [4.78, 5) is 44.2. The molecule has 0 aliphatic rings. The van der Waals surface area contributed by atoms with Crippen molar-refractivity contribution >= 4 is 45.7 Å². The number of fused-ring (bicyclic) bond motifs is 1. The normalized spacial score (nSPS) is 10.9. The summed E-state index contributed by atoms with van der Waals surface area (Å²) in [7, 11) is 0. The molecular weight excluding hydrogens is 443 g/mol. The lowest BCUT2D eigenvalue weighted by Crippen LogP contribution is -2.23. The maximum atomic E-state index is 13.1. The number of hydrogen-bond donors (Lipinski definition) is 3. The molecule has 0 aliphatic heterocycles. The van der Waals surface area contributed by atoms with Crippen LogP contribution < -0.4 is 16.4 Å². The summed E-state index contributed by atoms with van der Waals surface area (Å²) in [6.07, 6.45) is 2.88. The zero-order valence-corrected chi connectivity index (χ0v) is 17.2.